The van der Waals surface area contributed by atoms with E-state index in [1.807, 2.05) is 0 Å². The van der Waals surface area contributed by atoms with E-state index in [-0.39, 0.29) is 33.8 Å². The van der Waals surface area contributed by atoms with E-state index >= 15 is 0 Å². The highest BCUT2D eigenvalue weighted by Gasteiger charge is 2.49. The monoisotopic (exact) mass is 383 g/mol. The zero-order chi connectivity index (χ0) is 19.1. The van der Waals surface area contributed by atoms with Gasteiger partial charge in [0.1, 0.15) is 34.1 Å². The van der Waals surface area contributed by atoms with Crippen LogP contribution in [-0.2, 0) is 22.9 Å². The number of fused-ring (bicyclic) bond motifs is 1. The van der Waals surface area contributed by atoms with Gasteiger partial charge in [0.05, 0.1) is 17.4 Å². The average molecular weight is 383 g/mol. The Morgan fingerprint density at radius 1 is 1.31 bits per heavy atom. The first kappa shape index (κ1) is 18.2. The van der Waals surface area contributed by atoms with Gasteiger partial charge in [-0.05, 0) is 29.3 Å². The smallest absolute Gasteiger partial charge is 0.281 e. The minimum absolute atomic E-state index is 0.0121. The first-order valence-corrected chi connectivity index (χ1v) is 8.78. The van der Waals surface area contributed by atoms with Gasteiger partial charge in [-0.1, -0.05) is 6.07 Å². The summed E-state index contributed by atoms with van der Waals surface area (Å²) >= 11 is 0. The first-order chi connectivity index (χ1) is 12.2. The van der Waals surface area contributed by atoms with Crippen LogP contribution >= 0.6 is 0 Å². The van der Waals surface area contributed by atoms with Crippen molar-refractivity contribution in [2.24, 2.45) is 0 Å². The highest BCUT2D eigenvalue weighted by Crippen LogP contribution is 2.48. The fourth-order valence-electron chi connectivity index (χ4n) is 2.95. The lowest BCUT2D eigenvalue weighted by molar-refractivity contribution is -0.0970. The summed E-state index contributed by atoms with van der Waals surface area (Å²) in [6.07, 6.45) is -3.00. The lowest BCUT2D eigenvalue weighted by Crippen LogP contribution is -2.22. The molecule has 0 aliphatic heterocycles. The Morgan fingerprint density at radius 3 is 2.69 bits per heavy atom. The Hall–Kier alpha value is -2.57. The second kappa shape index (κ2) is 6.63. The Kier molecular flexibility index (Phi) is 4.64. The number of nitrogens with zero attached hydrogens (tertiary/aromatic N) is 1. The summed E-state index contributed by atoms with van der Waals surface area (Å²) in [6, 6.07) is 7.52. The third-order valence-electron chi connectivity index (χ3n) is 4.02. The largest absolute Gasteiger partial charge is 0.457 e. The molecular weight excluding hydrogens is 371 g/mol. The molecule has 26 heavy (non-hydrogen) atoms. The first-order valence-electron chi connectivity index (χ1n) is 7.42. The molecule has 2 aromatic carbocycles. The van der Waals surface area contributed by atoms with Crippen LogP contribution in [0.3, 0.4) is 0 Å². The molecule has 1 aliphatic rings. The van der Waals surface area contributed by atoms with Gasteiger partial charge in [0.25, 0.3) is 5.92 Å². The van der Waals surface area contributed by atoms with Crippen molar-refractivity contribution in [3.63, 3.8) is 0 Å². The van der Waals surface area contributed by atoms with Crippen molar-refractivity contribution >= 4 is 10.7 Å². The molecule has 3 rings (SSSR count). The molecule has 0 radical (unpaired) electrons. The van der Waals surface area contributed by atoms with Crippen molar-refractivity contribution in [1.29, 1.82) is 5.26 Å². The van der Waals surface area contributed by atoms with Gasteiger partial charge in [-0.15, -0.1) is 0 Å². The molecule has 0 aromatic heterocycles. The van der Waals surface area contributed by atoms with Crippen LogP contribution in [0, 0.1) is 17.1 Å². The lowest BCUT2D eigenvalue weighted by Gasteiger charge is -2.15. The number of nitriles is 1. The lowest BCUT2D eigenvalue weighted by atomic mass is 10.0. The quantitative estimate of drug-likeness (QED) is 0.793. The van der Waals surface area contributed by atoms with Gasteiger partial charge in [0.15, 0.2) is 0 Å². The van der Waals surface area contributed by atoms with Crippen LogP contribution in [0.5, 0.6) is 11.5 Å². The summed E-state index contributed by atoms with van der Waals surface area (Å²) in [4.78, 5) is 0. The maximum atomic E-state index is 14.0. The molecule has 0 heterocycles. The number of aliphatic hydroxyl groups is 1. The summed E-state index contributed by atoms with van der Waals surface area (Å²) in [5, 5.41) is 18.8. The highest BCUT2D eigenvalue weighted by molar-refractivity contribution is 7.71. The molecule has 0 saturated carbocycles. The van der Waals surface area contributed by atoms with Crippen molar-refractivity contribution in [1.82, 2.24) is 0 Å². The molecule has 0 spiro atoms. The average Bonchev–Trinajstić information content (AvgIpc) is 2.79. The van der Waals surface area contributed by atoms with E-state index in [9.17, 15) is 26.7 Å². The Morgan fingerprint density at radius 2 is 2.04 bits per heavy atom. The molecule has 2 aromatic rings. The molecular formula is C17H12F3NO4S. The second-order valence-electron chi connectivity index (χ2n) is 5.84. The molecule has 136 valence electrons. The number of hydrogen-bond donors (Lipinski definition) is 2. The van der Waals surface area contributed by atoms with E-state index in [1.54, 1.807) is 6.07 Å². The van der Waals surface area contributed by atoms with Gasteiger partial charge in [-0.2, -0.15) is 5.26 Å². The topological polar surface area (TPSA) is 87.4 Å². The summed E-state index contributed by atoms with van der Waals surface area (Å²) in [6.45, 7) is 0. The standard InChI is InChI=1S/C17H12F3NO4S/c18-11-3-9(7-21)4-12(5-11)25-14-2-1-10(8-26(23)24)15-13(14)6-17(19,20)16(15)22/h1-5,16,22,26H,6,8H2/t16-/m0/s1. The Balaban J connectivity index is 2.08. The summed E-state index contributed by atoms with van der Waals surface area (Å²) in [7, 11) is -2.88. The number of halogens is 3. The number of rotatable bonds is 4. The van der Waals surface area contributed by atoms with Crippen LogP contribution in [0.1, 0.15) is 28.4 Å². The van der Waals surface area contributed by atoms with Crippen LogP contribution in [-0.4, -0.2) is 19.4 Å². The predicted molar refractivity (Wildman–Crippen MR) is 85.3 cm³/mol. The normalized spacial score (nSPS) is 17.8. The Bertz CT molecular complexity index is 990. The molecule has 9 heteroatoms. The molecule has 1 aliphatic carbocycles. The van der Waals surface area contributed by atoms with E-state index in [2.05, 4.69) is 0 Å². The fraction of sp³-hybridized carbons (Fsp3) is 0.235. The minimum Gasteiger partial charge on any atom is -0.457 e. The van der Waals surface area contributed by atoms with E-state index in [4.69, 9.17) is 10.00 Å². The van der Waals surface area contributed by atoms with Gasteiger partial charge in [-0.3, -0.25) is 0 Å². The van der Waals surface area contributed by atoms with Crippen LogP contribution in [0.2, 0.25) is 0 Å². The molecule has 0 fully saturated rings. The van der Waals surface area contributed by atoms with Crippen LogP contribution in [0.4, 0.5) is 13.2 Å². The summed E-state index contributed by atoms with van der Waals surface area (Å²) < 4.78 is 68.9. The highest BCUT2D eigenvalue weighted by atomic mass is 32.2. The maximum Gasteiger partial charge on any atom is 0.281 e. The summed E-state index contributed by atoms with van der Waals surface area (Å²) in [5.74, 6) is -4.85. The SMILES string of the molecule is N#Cc1cc(F)cc(Oc2ccc(C[SH](=O)=O)c3c2CC(F)(F)[C@H]3O)c1. The number of thiol groups is 1. The fourth-order valence-corrected chi connectivity index (χ4v) is 3.50. The molecule has 0 bridgehead atoms. The maximum absolute atomic E-state index is 14.0. The number of aliphatic hydroxyl groups excluding tert-OH is 1. The third-order valence-corrected chi connectivity index (χ3v) is 4.62. The van der Waals surface area contributed by atoms with E-state index in [0.717, 1.165) is 12.1 Å². The molecule has 0 amide bonds. The molecule has 0 saturated heterocycles. The van der Waals surface area contributed by atoms with E-state index in [0.29, 0.717) is 0 Å². The number of alkyl halides is 2. The molecule has 1 N–H and O–H groups in total. The van der Waals surface area contributed by atoms with E-state index < -0.39 is 40.7 Å². The Labute approximate surface area is 148 Å². The van der Waals surface area contributed by atoms with Crippen LogP contribution in [0.25, 0.3) is 0 Å². The molecule has 0 unspecified atom stereocenters. The van der Waals surface area contributed by atoms with Crippen molar-refractivity contribution in [2.45, 2.75) is 24.2 Å². The van der Waals surface area contributed by atoms with Gasteiger partial charge in [0, 0.05) is 18.1 Å². The summed E-state index contributed by atoms with van der Waals surface area (Å²) in [5.41, 5.74) is -0.185. The number of ether oxygens (including phenoxy) is 1. The molecule has 5 nitrogen and oxygen atoms in total. The second-order valence-corrected chi connectivity index (χ2v) is 6.82. The van der Waals surface area contributed by atoms with Gasteiger partial charge >= 0.3 is 0 Å². The number of hydrogen-bond acceptors (Lipinski definition) is 5. The zero-order valence-corrected chi connectivity index (χ0v) is 14.0. The molecule has 1 atom stereocenters. The zero-order valence-electron chi connectivity index (χ0n) is 13.1. The van der Waals surface area contributed by atoms with Gasteiger partial charge < -0.3 is 9.84 Å². The third kappa shape index (κ3) is 3.38. The van der Waals surface area contributed by atoms with Gasteiger partial charge in [-0.25, -0.2) is 21.6 Å². The van der Waals surface area contributed by atoms with Crippen molar-refractivity contribution < 1.29 is 31.4 Å². The van der Waals surface area contributed by atoms with E-state index in [1.165, 1.54) is 18.2 Å². The number of benzene rings is 2. The van der Waals surface area contributed by atoms with Crippen LogP contribution in [0.15, 0.2) is 30.3 Å². The minimum atomic E-state index is -3.48. The van der Waals surface area contributed by atoms with Crippen molar-refractivity contribution in [3.05, 3.63) is 58.4 Å². The van der Waals surface area contributed by atoms with Crippen molar-refractivity contribution in [3.8, 4) is 17.6 Å². The van der Waals surface area contributed by atoms with Crippen LogP contribution < -0.4 is 4.74 Å². The van der Waals surface area contributed by atoms with Crippen molar-refractivity contribution in [2.75, 3.05) is 0 Å². The van der Waals surface area contributed by atoms with Gasteiger partial charge in [0.2, 0.25) is 0 Å². The predicted octanol–water partition coefficient (Wildman–Crippen LogP) is 2.83.